The molecule has 3 amide bonds. The van der Waals surface area contributed by atoms with Gasteiger partial charge in [-0.2, -0.15) is 0 Å². The van der Waals surface area contributed by atoms with Crippen molar-refractivity contribution in [2.75, 3.05) is 25.1 Å². The first-order chi connectivity index (χ1) is 27.6. The van der Waals surface area contributed by atoms with Gasteiger partial charge in [0.05, 0.1) is 17.7 Å². The van der Waals surface area contributed by atoms with Gasteiger partial charge in [-0.25, -0.2) is 22.7 Å². The number of carboxylic acids is 1. The van der Waals surface area contributed by atoms with Crippen LogP contribution in [0.2, 0.25) is 0 Å². The summed E-state index contributed by atoms with van der Waals surface area (Å²) < 4.78 is 46.5. The second-order valence-corrected chi connectivity index (χ2v) is 19.2. The average molecular weight is 838 g/mol. The number of rotatable bonds is 21. The molecule has 1 heterocycles. The highest BCUT2D eigenvalue weighted by atomic mass is 32.2. The van der Waals surface area contributed by atoms with Gasteiger partial charge in [0.15, 0.2) is 0 Å². The molecule has 17 heteroatoms. The molecule has 15 nitrogen and oxygen atoms in total. The molecule has 0 spiro atoms. The molecule has 1 unspecified atom stereocenters. The first kappa shape index (κ1) is 44.1. The van der Waals surface area contributed by atoms with E-state index >= 15 is 0 Å². The van der Waals surface area contributed by atoms with E-state index in [9.17, 15) is 42.2 Å². The van der Waals surface area contributed by atoms with E-state index in [1.165, 1.54) is 0 Å². The van der Waals surface area contributed by atoms with Crippen molar-refractivity contribution in [1.82, 2.24) is 25.7 Å². The van der Waals surface area contributed by atoms with Crippen molar-refractivity contribution in [2.45, 2.75) is 76.1 Å². The zero-order valence-corrected chi connectivity index (χ0v) is 34.1. The van der Waals surface area contributed by atoms with Crippen LogP contribution in [-0.4, -0.2) is 84.5 Å². The Morgan fingerprint density at radius 3 is 2.22 bits per heavy atom. The van der Waals surface area contributed by atoms with Gasteiger partial charge in [0.2, 0.25) is 29.2 Å². The number of benzene rings is 3. The van der Waals surface area contributed by atoms with Gasteiger partial charge in [-0.05, 0) is 54.9 Å². The summed E-state index contributed by atoms with van der Waals surface area (Å²) in [4.78, 5) is 67.1. The van der Waals surface area contributed by atoms with Crippen LogP contribution in [0.3, 0.4) is 0 Å². The number of aliphatic carboxylic acids is 1. The van der Waals surface area contributed by atoms with E-state index in [0.29, 0.717) is 36.8 Å². The smallest absolute Gasteiger partial charge is 0.407 e. The number of fused-ring (bicyclic) bond motifs is 1. The number of hydrogen-bond acceptors (Lipinski definition) is 8. The molecule has 0 bridgehead atoms. The van der Waals surface area contributed by atoms with E-state index in [1.807, 2.05) is 54.6 Å². The van der Waals surface area contributed by atoms with E-state index in [1.54, 1.807) is 36.5 Å². The first-order valence-corrected chi connectivity index (χ1v) is 23.2. The van der Waals surface area contributed by atoms with Crippen molar-refractivity contribution in [3.05, 3.63) is 108 Å². The molecule has 0 radical (unpaired) electrons. The van der Waals surface area contributed by atoms with Crippen LogP contribution in [-0.2, 0) is 46.7 Å². The molecule has 1 aliphatic carbocycles. The number of carboxylic acid groups (broad SMARTS) is 1. The number of carbonyl (C=O) groups excluding carboxylic acids is 3. The van der Waals surface area contributed by atoms with Gasteiger partial charge >= 0.3 is 12.1 Å². The molecule has 1 fully saturated rings. The number of hydrogen-bond donors (Lipinski definition) is 7. The maximum absolute atomic E-state index is 14.2. The Kier molecular flexibility index (Phi) is 15.3. The van der Waals surface area contributed by atoms with Gasteiger partial charge in [-0.3, -0.25) is 14.2 Å². The van der Waals surface area contributed by atoms with E-state index in [0.717, 1.165) is 22.7 Å². The Morgan fingerprint density at radius 2 is 1.55 bits per heavy atom. The van der Waals surface area contributed by atoms with Crippen molar-refractivity contribution in [1.29, 1.82) is 0 Å². The number of aromatic amines is 1. The fourth-order valence-electron chi connectivity index (χ4n) is 7.50. The predicted octanol–water partition coefficient (Wildman–Crippen LogP) is 4.98. The van der Waals surface area contributed by atoms with Gasteiger partial charge in [0.25, 0.3) is 0 Å². The summed E-state index contributed by atoms with van der Waals surface area (Å²) in [5, 5.41) is 19.1. The maximum atomic E-state index is 14.2. The number of alkyl carbamates (subject to hydrolysis) is 1. The molecule has 0 saturated heterocycles. The van der Waals surface area contributed by atoms with Gasteiger partial charge in [-0.15, -0.1) is 0 Å². The first-order valence-electron chi connectivity index (χ1n) is 19.3. The molecule has 5 rings (SSSR count). The Hall–Kier alpha value is -5.02. The molecular weight excluding hydrogens is 786 g/mol. The molecule has 1 aliphatic rings. The molecule has 1 aromatic heterocycles. The SMILES string of the molecule is CS(=O)(=O)N[C@@H](CCCCNC(=O)OCc1ccccc1)C(=O)N[C@H](CP(=O)(O)CC1(C(=O)N[C@@H](Cc2c[nH]c3ccccc23)C(=O)O)CCCC1)c1ccccc1. The van der Waals surface area contributed by atoms with Crippen LogP contribution >= 0.6 is 7.37 Å². The lowest BCUT2D eigenvalue weighted by Gasteiger charge is -2.32. The lowest BCUT2D eigenvalue weighted by Crippen LogP contribution is -2.50. The third-order valence-corrected chi connectivity index (χ3v) is 13.1. The number of H-pyrrole nitrogens is 1. The molecule has 1 saturated carbocycles. The molecular formula is C41H52N5O10PS. The maximum Gasteiger partial charge on any atom is 0.407 e. The number of para-hydroxylation sites is 1. The van der Waals surface area contributed by atoms with E-state index in [4.69, 9.17) is 4.74 Å². The highest BCUT2D eigenvalue weighted by molar-refractivity contribution is 7.88. The zero-order chi connectivity index (χ0) is 41.8. The lowest BCUT2D eigenvalue weighted by atomic mass is 9.87. The Balaban J connectivity index is 1.23. The predicted molar refractivity (Wildman–Crippen MR) is 220 cm³/mol. The molecule has 58 heavy (non-hydrogen) atoms. The summed E-state index contributed by atoms with van der Waals surface area (Å²) in [6.45, 7) is 0.315. The van der Waals surface area contributed by atoms with Gasteiger partial charge in [-0.1, -0.05) is 91.7 Å². The largest absolute Gasteiger partial charge is 0.480 e. The van der Waals surface area contributed by atoms with E-state index < -0.39 is 77.1 Å². The summed E-state index contributed by atoms with van der Waals surface area (Å²) in [7, 11) is -8.11. The molecule has 312 valence electrons. The molecule has 3 aromatic carbocycles. The minimum atomic E-state index is -4.25. The fraction of sp³-hybridized carbons (Fsp3) is 0.415. The van der Waals surface area contributed by atoms with Crippen LogP contribution in [0.1, 0.15) is 67.7 Å². The van der Waals surface area contributed by atoms with Crippen molar-refractivity contribution < 1.29 is 46.9 Å². The zero-order valence-electron chi connectivity index (χ0n) is 32.4. The second-order valence-electron chi connectivity index (χ2n) is 15.0. The normalized spacial score (nSPS) is 16.4. The highest BCUT2D eigenvalue weighted by Gasteiger charge is 2.47. The van der Waals surface area contributed by atoms with Crippen LogP contribution in [0.25, 0.3) is 10.9 Å². The summed E-state index contributed by atoms with van der Waals surface area (Å²) in [6.07, 6.45) is 3.70. The van der Waals surface area contributed by atoms with Crippen molar-refractivity contribution >= 4 is 52.2 Å². The van der Waals surface area contributed by atoms with Crippen LogP contribution in [0.15, 0.2) is 91.1 Å². The molecule has 7 N–H and O–H groups in total. The average Bonchev–Trinajstić information content (AvgIpc) is 3.83. The Bertz CT molecular complexity index is 2180. The van der Waals surface area contributed by atoms with E-state index in [-0.39, 0.29) is 38.8 Å². The highest BCUT2D eigenvalue weighted by Crippen LogP contribution is 2.54. The topological polar surface area (TPSA) is 233 Å². The minimum Gasteiger partial charge on any atom is -0.480 e. The van der Waals surface area contributed by atoms with Crippen LogP contribution in [0, 0.1) is 5.41 Å². The minimum absolute atomic E-state index is 0.000551. The van der Waals surface area contributed by atoms with Crippen LogP contribution in [0.4, 0.5) is 4.79 Å². The number of ether oxygens (including phenoxy) is 1. The van der Waals surface area contributed by atoms with Gasteiger partial charge < -0.3 is 35.7 Å². The van der Waals surface area contributed by atoms with Crippen molar-refractivity contribution in [2.24, 2.45) is 5.41 Å². The monoisotopic (exact) mass is 837 g/mol. The molecule has 4 atom stereocenters. The van der Waals surface area contributed by atoms with Crippen molar-refractivity contribution in [3.8, 4) is 0 Å². The van der Waals surface area contributed by atoms with Crippen LogP contribution in [0.5, 0.6) is 0 Å². The van der Waals surface area contributed by atoms with Crippen molar-refractivity contribution in [3.63, 3.8) is 0 Å². The number of aromatic nitrogens is 1. The lowest BCUT2D eigenvalue weighted by molar-refractivity contribution is -0.143. The molecule has 4 aromatic rings. The summed E-state index contributed by atoms with van der Waals surface area (Å²) in [5.74, 6) is -2.56. The second kappa shape index (κ2) is 20.1. The Morgan fingerprint density at radius 1 is 0.897 bits per heavy atom. The van der Waals surface area contributed by atoms with Gasteiger partial charge in [0, 0.05) is 42.4 Å². The fourth-order valence-corrected chi connectivity index (χ4v) is 10.6. The quantitative estimate of drug-likeness (QED) is 0.0439. The third kappa shape index (κ3) is 13.0. The summed E-state index contributed by atoms with van der Waals surface area (Å²) in [5.41, 5.74) is 1.54. The number of amides is 3. The molecule has 0 aliphatic heterocycles. The summed E-state index contributed by atoms with van der Waals surface area (Å²) in [6, 6.07) is 21.5. The number of carbonyl (C=O) groups is 4. The van der Waals surface area contributed by atoms with Gasteiger partial charge in [0.1, 0.15) is 18.7 Å². The van der Waals surface area contributed by atoms with E-state index in [2.05, 4.69) is 25.7 Å². The Labute approximate surface area is 338 Å². The number of nitrogens with one attached hydrogen (secondary N) is 5. The summed E-state index contributed by atoms with van der Waals surface area (Å²) >= 11 is 0. The number of unbranched alkanes of at least 4 members (excludes halogenated alkanes) is 1. The van der Waals surface area contributed by atoms with Crippen LogP contribution < -0.4 is 20.7 Å². The number of sulfonamides is 1. The standard InChI is InChI=1S/C41H52N5O10PS/c1-58(54,55)46-34(20-10-13-23-42-40(51)56-26-29-14-4-2-5-15-29)37(47)44-36(30-16-6-3-7-17-30)27-57(52,53)28-41(21-11-12-22-41)39(50)45-35(38(48)49)24-31-25-43-33-19-9-8-18-32(31)33/h2-9,14-19,25,34-36,43,46H,10-13,20-24,26-28H2,1H3,(H,42,51)(H,44,47)(H,45,50)(H,48,49)(H,52,53)/t34-,35-,36+/m0/s1. The third-order valence-electron chi connectivity index (χ3n) is 10.4.